The standard InChI is InChI=1S/C9H8O4/c10-6-1-5-3-13-4-8(5)7(2-6)9(11)12/h3-4,7H,1-2H2,(H,11,12). The van der Waals surface area contributed by atoms with Crippen LogP contribution in [-0.4, -0.2) is 16.9 Å². The van der Waals surface area contributed by atoms with Gasteiger partial charge < -0.3 is 9.52 Å². The summed E-state index contributed by atoms with van der Waals surface area (Å²) in [5.41, 5.74) is 1.36. The topological polar surface area (TPSA) is 67.5 Å². The summed E-state index contributed by atoms with van der Waals surface area (Å²) in [5, 5.41) is 8.83. The van der Waals surface area contributed by atoms with Gasteiger partial charge in [0.05, 0.1) is 18.4 Å². The van der Waals surface area contributed by atoms with Gasteiger partial charge in [-0.2, -0.15) is 0 Å². The summed E-state index contributed by atoms with van der Waals surface area (Å²) in [6, 6.07) is 0. The van der Waals surface area contributed by atoms with E-state index < -0.39 is 11.9 Å². The largest absolute Gasteiger partial charge is 0.481 e. The molecule has 0 amide bonds. The number of aliphatic carboxylic acids is 1. The average molecular weight is 180 g/mol. The lowest BCUT2D eigenvalue weighted by molar-refractivity contribution is -0.140. The molecule has 0 bridgehead atoms. The molecule has 1 N–H and O–H groups in total. The maximum atomic E-state index is 11.1. The fourth-order valence-corrected chi connectivity index (χ4v) is 1.63. The van der Waals surface area contributed by atoms with Gasteiger partial charge in [0.25, 0.3) is 0 Å². The van der Waals surface area contributed by atoms with Gasteiger partial charge in [-0.3, -0.25) is 9.59 Å². The predicted molar refractivity (Wildman–Crippen MR) is 42.4 cm³/mol. The molecule has 0 fully saturated rings. The van der Waals surface area contributed by atoms with Crippen molar-refractivity contribution in [1.29, 1.82) is 0 Å². The molecular weight excluding hydrogens is 172 g/mol. The Morgan fingerprint density at radius 3 is 3.00 bits per heavy atom. The van der Waals surface area contributed by atoms with E-state index in [0.717, 1.165) is 0 Å². The maximum absolute atomic E-state index is 11.1. The molecule has 0 saturated carbocycles. The number of Topliss-reactive ketones (excluding diaryl/α,β-unsaturated/α-hetero) is 1. The number of hydrogen-bond acceptors (Lipinski definition) is 3. The number of ketones is 1. The fourth-order valence-electron chi connectivity index (χ4n) is 1.63. The lowest BCUT2D eigenvalue weighted by atomic mass is 9.85. The predicted octanol–water partition coefficient (Wildman–Crippen LogP) is 0.963. The van der Waals surface area contributed by atoms with Crippen LogP contribution in [-0.2, 0) is 16.0 Å². The van der Waals surface area contributed by atoms with Gasteiger partial charge in [0.1, 0.15) is 5.78 Å². The number of hydrogen-bond donors (Lipinski definition) is 1. The molecule has 2 rings (SSSR count). The number of carboxylic acids is 1. The molecule has 1 unspecified atom stereocenters. The van der Waals surface area contributed by atoms with Crippen LogP contribution in [0.15, 0.2) is 16.9 Å². The van der Waals surface area contributed by atoms with E-state index in [1.807, 2.05) is 0 Å². The van der Waals surface area contributed by atoms with E-state index in [1.165, 1.54) is 12.5 Å². The van der Waals surface area contributed by atoms with Crippen LogP contribution in [0.1, 0.15) is 23.5 Å². The molecule has 4 nitrogen and oxygen atoms in total. The summed E-state index contributed by atoms with van der Waals surface area (Å²) in [7, 11) is 0. The highest BCUT2D eigenvalue weighted by atomic mass is 16.4. The van der Waals surface area contributed by atoms with Gasteiger partial charge in [0, 0.05) is 24.0 Å². The normalized spacial score (nSPS) is 21.2. The first-order valence-electron chi connectivity index (χ1n) is 3.98. The third-order valence-corrected chi connectivity index (χ3v) is 2.27. The molecule has 1 atom stereocenters. The van der Waals surface area contributed by atoms with Crippen molar-refractivity contribution in [1.82, 2.24) is 0 Å². The second kappa shape index (κ2) is 2.73. The Hall–Kier alpha value is -1.58. The molecule has 1 aromatic rings. The molecule has 1 heterocycles. The molecule has 68 valence electrons. The van der Waals surface area contributed by atoms with Crippen molar-refractivity contribution in [2.75, 3.05) is 0 Å². The molecule has 13 heavy (non-hydrogen) atoms. The molecule has 1 aliphatic rings. The van der Waals surface area contributed by atoms with Gasteiger partial charge in [-0.15, -0.1) is 0 Å². The van der Waals surface area contributed by atoms with Gasteiger partial charge in [-0.25, -0.2) is 0 Å². The number of fused-ring (bicyclic) bond motifs is 1. The van der Waals surface area contributed by atoms with Gasteiger partial charge >= 0.3 is 5.97 Å². The van der Waals surface area contributed by atoms with E-state index in [0.29, 0.717) is 17.5 Å². The lowest BCUT2D eigenvalue weighted by Crippen LogP contribution is -2.22. The highest BCUT2D eigenvalue weighted by Gasteiger charge is 2.31. The monoisotopic (exact) mass is 180 g/mol. The van der Waals surface area contributed by atoms with Crippen molar-refractivity contribution in [2.24, 2.45) is 0 Å². The number of carbonyl (C=O) groups is 2. The highest BCUT2D eigenvalue weighted by molar-refractivity contribution is 5.91. The van der Waals surface area contributed by atoms with E-state index in [-0.39, 0.29) is 12.2 Å². The van der Waals surface area contributed by atoms with Gasteiger partial charge in [-0.05, 0) is 0 Å². The molecule has 0 spiro atoms. The Kier molecular flexibility index (Phi) is 1.69. The van der Waals surface area contributed by atoms with Crippen molar-refractivity contribution < 1.29 is 19.1 Å². The van der Waals surface area contributed by atoms with Gasteiger partial charge in [0.15, 0.2) is 0 Å². The lowest BCUT2D eigenvalue weighted by Gasteiger charge is -2.16. The van der Waals surface area contributed by atoms with E-state index in [1.54, 1.807) is 0 Å². The number of carbonyl (C=O) groups excluding carboxylic acids is 1. The van der Waals surface area contributed by atoms with Crippen molar-refractivity contribution in [3.63, 3.8) is 0 Å². The van der Waals surface area contributed by atoms with E-state index in [9.17, 15) is 9.59 Å². The molecular formula is C9H8O4. The minimum absolute atomic E-state index is 0.0405. The zero-order valence-electron chi connectivity index (χ0n) is 6.82. The summed E-state index contributed by atoms with van der Waals surface area (Å²) in [4.78, 5) is 21.9. The summed E-state index contributed by atoms with van der Waals surface area (Å²) in [6.07, 6.45) is 3.25. The summed E-state index contributed by atoms with van der Waals surface area (Å²) in [5.74, 6) is -1.72. The summed E-state index contributed by atoms with van der Waals surface area (Å²) in [6.45, 7) is 0. The van der Waals surface area contributed by atoms with Crippen LogP contribution in [0.5, 0.6) is 0 Å². The Balaban J connectivity index is 2.43. The van der Waals surface area contributed by atoms with Crippen LogP contribution in [0.3, 0.4) is 0 Å². The highest BCUT2D eigenvalue weighted by Crippen LogP contribution is 2.30. The second-order valence-corrected chi connectivity index (χ2v) is 3.16. The SMILES string of the molecule is O=C1Cc2cocc2C(C(=O)O)C1. The third-order valence-electron chi connectivity index (χ3n) is 2.27. The Labute approximate surface area is 74.2 Å². The Morgan fingerprint density at radius 1 is 1.54 bits per heavy atom. The van der Waals surface area contributed by atoms with Crippen molar-refractivity contribution in [2.45, 2.75) is 18.8 Å². The quantitative estimate of drug-likeness (QED) is 0.699. The molecule has 0 aromatic carbocycles. The third kappa shape index (κ3) is 1.24. The number of rotatable bonds is 1. The molecule has 1 aromatic heterocycles. The minimum Gasteiger partial charge on any atom is -0.481 e. The van der Waals surface area contributed by atoms with Crippen LogP contribution in [0.25, 0.3) is 0 Å². The van der Waals surface area contributed by atoms with Crippen LogP contribution >= 0.6 is 0 Å². The smallest absolute Gasteiger partial charge is 0.311 e. The number of carboxylic acid groups (broad SMARTS) is 1. The van der Waals surface area contributed by atoms with Crippen LogP contribution < -0.4 is 0 Å². The van der Waals surface area contributed by atoms with Crippen LogP contribution in [0.2, 0.25) is 0 Å². The molecule has 0 radical (unpaired) electrons. The van der Waals surface area contributed by atoms with Crippen LogP contribution in [0.4, 0.5) is 0 Å². The molecule has 0 aliphatic heterocycles. The number of furan rings is 1. The minimum atomic E-state index is -0.962. The van der Waals surface area contributed by atoms with E-state index in [2.05, 4.69) is 0 Å². The molecule has 4 heteroatoms. The van der Waals surface area contributed by atoms with Crippen LogP contribution in [0, 0.1) is 0 Å². The molecule has 1 aliphatic carbocycles. The molecule has 0 saturated heterocycles. The summed E-state index contributed by atoms with van der Waals surface area (Å²) < 4.78 is 4.88. The van der Waals surface area contributed by atoms with E-state index >= 15 is 0 Å². The zero-order chi connectivity index (χ0) is 9.42. The maximum Gasteiger partial charge on any atom is 0.311 e. The Morgan fingerprint density at radius 2 is 2.31 bits per heavy atom. The zero-order valence-corrected chi connectivity index (χ0v) is 6.82. The first-order chi connectivity index (χ1) is 6.18. The van der Waals surface area contributed by atoms with Crippen molar-refractivity contribution in [3.8, 4) is 0 Å². The Bertz CT molecular complexity index is 363. The average Bonchev–Trinajstić information content (AvgIpc) is 2.49. The second-order valence-electron chi connectivity index (χ2n) is 3.16. The van der Waals surface area contributed by atoms with Gasteiger partial charge in [0.2, 0.25) is 0 Å². The fraction of sp³-hybridized carbons (Fsp3) is 0.333. The summed E-state index contributed by atoms with van der Waals surface area (Å²) >= 11 is 0. The van der Waals surface area contributed by atoms with Crippen molar-refractivity contribution in [3.05, 3.63) is 23.7 Å². The van der Waals surface area contributed by atoms with Crippen molar-refractivity contribution >= 4 is 11.8 Å². The first-order valence-corrected chi connectivity index (χ1v) is 3.98. The first kappa shape index (κ1) is 8.04. The van der Waals surface area contributed by atoms with E-state index in [4.69, 9.17) is 9.52 Å². The van der Waals surface area contributed by atoms with Gasteiger partial charge in [-0.1, -0.05) is 0 Å².